The van der Waals surface area contributed by atoms with Crippen LogP contribution in [-0.2, 0) is 4.74 Å². The van der Waals surface area contributed by atoms with Gasteiger partial charge in [-0.3, -0.25) is 10.1 Å². The van der Waals surface area contributed by atoms with Crippen LogP contribution in [0, 0.1) is 15.9 Å². The summed E-state index contributed by atoms with van der Waals surface area (Å²) in [4.78, 5) is 10.3. The number of nitro groups is 1. The van der Waals surface area contributed by atoms with Crippen molar-refractivity contribution in [2.75, 3.05) is 19.0 Å². The quantitative estimate of drug-likeness (QED) is 0.609. The van der Waals surface area contributed by atoms with Gasteiger partial charge in [-0.2, -0.15) is 0 Å². The number of nitro benzene ring substituents is 1. The highest BCUT2D eigenvalue weighted by Crippen LogP contribution is 2.31. The topological polar surface area (TPSA) is 64.4 Å². The molecule has 0 aliphatic heterocycles. The van der Waals surface area contributed by atoms with E-state index in [0.717, 1.165) is 18.9 Å². The molecule has 0 amide bonds. The van der Waals surface area contributed by atoms with Gasteiger partial charge in [-0.15, -0.1) is 0 Å². The lowest BCUT2D eigenvalue weighted by Crippen LogP contribution is -2.25. The summed E-state index contributed by atoms with van der Waals surface area (Å²) < 4.78 is 18.6. The van der Waals surface area contributed by atoms with Crippen molar-refractivity contribution < 1.29 is 14.1 Å². The molecule has 0 aliphatic carbocycles. The number of nitrogens with zero attached hydrogens (tertiary/aromatic N) is 1. The Kier molecular flexibility index (Phi) is 6.17. The molecule has 0 saturated heterocycles. The molecule has 0 spiro atoms. The third-order valence-corrected chi connectivity index (χ3v) is 3.21. The molecular weight excluding hydrogens is 319 g/mol. The van der Waals surface area contributed by atoms with Gasteiger partial charge in [0.25, 0.3) is 5.69 Å². The molecule has 0 saturated carbocycles. The number of anilines is 1. The average Bonchev–Trinajstić information content (AvgIpc) is 2.33. The summed E-state index contributed by atoms with van der Waals surface area (Å²) in [5, 5.41) is 14.0. The third-order valence-electron chi connectivity index (χ3n) is 2.60. The Morgan fingerprint density at radius 1 is 1.58 bits per heavy atom. The van der Waals surface area contributed by atoms with Crippen LogP contribution in [0.15, 0.2) is 16.6 Å². The molecule has 1 rings (SSSR count). The van der Waals surface area contributed by atoms with Gasteiger partial charge in [0.15, 0.2) is 0 Å². The highest BCUT2D eigenvalue weighted by Gasteiger charge is 2.20. The number of methoxy groups -OCH3 is 1. The maximum atomic E-state index is 13.3. The maximum absolute atomic E-state index is 13.3. The monoisotopic (exact) mass is 334 g/mol. The van der Waals surface area contributed by atoms with Crippen LogP contribution in [0.3, 0.4) is 0 Å². The smallest absolute Gasteiger partial charge is 0.295 e. The molecule has 0 bridgehead atoms. The van der Waals surface area contributed by atoms with Gasteiger partial charge in [0.1, 0.15) is 11.5 Å². The summed E-state index contributed by atoms with van der Waals surface area (Å²) in [6, 6.07) is 2.24. The van der Waals surface area contributed by atoms with E-state index < -0.39 is 10.7 Å². The molecule has 106 valence electrons. The van der Waals surface area contributed by atoms with Crippen molar-refractivity contribution >= 4 is 27.3 Å². The molecule has 0 heterocycles. The second-order valence-corrected chi connectivity index (χ2v) is 4.98. The van der Waals surface area contributed by atoms with E-state index in [2.05, 4.69) is 21.2 Å². The van der Waals surface area contributed by atoms with E-state index in [4.69, 9.17) is 4.74 Å². The van der Waals surface area contributed by atoms with E-state index in [1.165, 1.54) is 6.07 Å². The van der Waals surface area contributed by atoms with Gasteiger partial charge < -0.3 is 10.1 Å². The van der Waals surface area contributed by atoms with Crippen LogP contribution in [-0.4, -0.2) is 24.7 Å². The zero-order valence-corrected chi connectivity index (χ0v) is 12.4. The first-order valence-electron chi connectivity index (χ1n) is 5.88. The molecule has 1 N–H and O–H groups in total. The van der Waals surface area contributed by atoms with E-state index in [0.29, 0.717) is 6.61 Å². The first kappa shape index (κ1) is 15.8. The summed E-state index contributed by atoms with van der Waals surface area (Å²) in [6.45, 7) is 2.44. The lowest BCUT2D eigenvalue weighted by molar-refractivity contribution is -0.384. The Bertz CT molecular complexity index is 451. The molecule has 0 aliphatic rings. The number of rotatable bonds is 7. The van der Waals surface area contributed by atoms with Crippen LogP contribution in [0.2, 0.25) is 0 Å². The van der Waals surface area contributed by atoms with E-state index in [1.54, 1.807) is 7.11 Å². The van der Waals surface area contributed by atoms with Crippen molar-refractivity contribution in [2.24, 2.45) is 0 Å². The van der Waals surface area contributed by atoms with Crippen LogP contribution in [0.4, 0.5) is 15.8 Å². The van der Waals surface area contributed by atoms with Crippen molar-refractivity contribution in [1.29, 1.82) is 0 Å². The average molecular weight is 335 g/mol. The molecule has 0 radical (unpaired) electrons. The summed E-state index contributed by atoms with van der Waals surface area (Å²) in [7, 11) is 1.57. The number of benzene rings is 1. The number of nitrogens with one attached hydrogen (secondary N) is 1. The van der Waals surface area contributed by atoms with Gasteiger partial charge in [0.2, 0.25) is 0 Å². The second-order valence-electron chi connectivity index (χ2n) is 4.13. The Balaban J connectivity index is 3.03. The fraction of sp³-hybridized carbons (Fsp3) is 0.500. The zero-order valence-electron chi connectivity index (χ0n) is 10.8. The minimum absolute atomic E-state index is 0.0499. The molecule has 1 aromatic carbocycles. The van der Waals surface area contributed by atoms with Gasteiger partial charge in [-0.05, 0) is 28.4 Å². The Hall–Kier alpha value is -1.21. The molecule has 1 unspecified atom stereocenters. The minimum atomic E-state index is -0.656. The van der Waals surface area contributed by atoms with Crippen molar-refractivity contribution in [1.82, 2.24) is 0 Å². The van der Waals surface area contributed by atoms with Crippen LogP contribution >= 0.6 is 15.9 Å². The van der Waals surface area contributed by atoms with Gasteiger partial charge in [0, 0.05) is 13.2 Å². The molecule has 0 fully saturated rings. The predicted octanol–water partition coefficient (Wildman–Crippen LogP) is 3.72. The van der Waals surface area contributed by atoms with E-state index in [9.17, 15) is 14.5 Å². The van der Waals surface area contributed by atoms with Gasteiger partial charge in [0.05, 0.1) is 22.1 Å². The summed E-state index contributed by atoms with van der Waals surface area (Å²) >= 11 is 3.03. The van der Waals surface area contributed by atoms with Crippen LogP contribution < -0.4 is 5.32 Å². The standard InChI is InChI=1S/C12H16BrFN2O3/c1-3-4-8(7-19-2)15-11-5-9(13)10(14)6-12(11)16(17)18/h5-6,8,15H,3-4,7H2,1-2H3. The molecule has 7 heteroatoms. The molecule has 19 heavy (non-hydrogen) atoms. The van der Waals surface area contributed by atoms with Crippen molar-refractivity contribution in [2.45, 2.75) is 25.8 Å². The van der Waals surface area contributed by atoms with Crippen LogP contribution in [0.1, 0.15) is 19.8 Å². The fourth-order valence-electron chi connectivity index (χ4n) is 1.77. The molecular formula is C12H16BrFN2O3. The normalized spacial score (nSPS) is 12.2. The van der Waals surface area contributed by atoms with Gasteiger partial charge in [-0.25, -0.2) is 4.39 Å². The van der Waals surface area contributed by atoms with Gasteiger partial charge >= 0.3 is 0 Å². The zero-order chi connectivity index (χ0) is 14.4. The van der Waals surface area contributed by atoms with E-state index in [1.807, 2.05) is 6.92 Å². The summed E-state index contributed by atoms with van der Waals surface area (Å²) in [6.07, 6.45) is 1.72. The van der Waals surface area contributed by atoms with E-state index >= 15 is 0 Å². The predicted molar refractivity (Wildman–Crippen MR) is 74.9 cm³/mol. The lowest BCUT2D eigenvalue weighted by Gasteiger charge is -2.18. The van der Waals surface area contributed by atoms with Crippen LogP contribution in [0.25, 0.3) is 0 Å². The Morgan fingerprint density at radius 3 is 2.79 bits per heavy atom. The molecule has 0 aromatic heterocycles. The highest BCUT2D eigenvalue weighted by molar-refractivity contribution is 9.10. The first-order valence-corrected chi connectivity index (χ1v) is 6.67. The summed E-state index contributed by atoms with van der Waals surface area (Å²) in [5.74, 6) is -0.656. The Morgan fingerprint density at radius 2 is 2.26 bits per heavy atom. The third kappa shape index (κ3) is 4.43. The Labute approximate surface area is 119 Å². The SMILES string of the molecule is CCCC(COC)Nc1cc(Br)c(F)cc1[N+](=O)[O-]. The minimum Gasteiger partial charge on any atom is -0.383 e. The number of ether oxygens (including phenoxy) is 1. The fourth-order valence-corrected chi connectivity index (χ4v) is 2.11. The molecule has 5 nitrogen and oxygen atoms in total. The maximum Gasteiger partial charge on any atom is 0.295 e. The van der Waals surface area contributed by atoms with E-state index in [-0.39, 0.29) is 21.9 Å². The number of halogens is 2. The second kappa shape index (κ2) is 7.40. The van der Waals surface area contributed by atoms with Crippen molar-refractivity contribution in [3.8, 4) is 0 Å². The van der Waals surface area contributed by atoms with Crippen LogP contribution in [0.5, 0.6) is 0 Å². The molecule has 1 atom stereocenters. The largest absolute Gasteiger partial charge is 0.383 e. The number of hydrogen-bond donors (Lipinski definition) is 1. The summed E-state index contributed by atoms with van der Waals surface area (Å²) in [5.41, 5.74) is 0.00619. The highest BCUT2D eigenvalue weighted by atomic mass is 79.9. The lowest BCUT2D eigenvalue weighted by atomic mass is 10.1. The van der Waals surface area contributed by atoms with Crippen molar-refractivity contribution in [3.05, 3.63) is 32.5 Å². The first-order chi connectivity index (χ1) is 8.99. The number of hydrogen-bond acceptors (Lipinski definition) is 4. The molecule has 1 aromatic rings. The van der Waals surface area contributed by atoms with Gasteiger partial charge in [-0.1, -0.05) is 13.3 Å². The van der Waals surface area contributed by atoms with Crippen molar-refractivity contribution in [3.63, 3.8) is 0 Å².